The fourth-order valence-corrected chi connectivity index (χ4v) is 5.38. The van der Waals surface area contributed by atoms with Crippen molar-refractivity contribution in [2.24, 2.45) is 11.8 Å². The number of ketones is 1. The number of hydrogen-bond donors (Lipinski definition) is 2. The summed E-state index contributed by atoms with van der Waals surface area (Å²) in [6.45, 7) is 17.8. The number of nitrogens with zero attached hydrogens (tertiary/aromatic N) is 1. The lowest BCUT2D eigenvalue weighted by molar-refractivity contribution is -0.128. The predicted octanol–water partition coefficient (Wildman–Crippen LogP) is 3.13. The Labute approximate surface area is 166 Å². The topological polar surface area (TPSA) is 61.4 Å². The van der Waals surface area contributed by atoms with Crippen LogP contribution < -0.4 is 10.6 Å². The van der Waals surface area contributed by atoms with E-state index in [1.807, 2.05) is 0 Å². The standard InChI is InChI=1S/C22H41N3O2/c1-19(2)13-15(21(5,6)24-19)17(26)11-10-12-23-18(27)16-14-20(3,4)25(9)22(16,7)8/h15-16,24H,10-14H2,1-9H3,(H,23,27). The average molecular weight is 380 g/mol. The summed E-state index contributed by atoms with van der Waals surface area (Å²) < 4.78 is 0. The van der Waals surface area contributed by atoms with Crippen LogP contribution in [0.2, 0.25) is 0 Å². The zero-order valence-corrected chi connectivity index (χ0v) is 19.0. The molecule has 1 amide bonds. The average Bonchev–Trinajstić information content (AvgIpc) is 2.83. The minimum absolute atomic E-state index is 0.00489. The van der Waals surface area contributed by atoms with Crippen LogP contribution in [0.15, 0.2) is 0 Å². The molecule has 2 rings (SSSR count). The van der Waals surface area contributed by atoms with E-state index >= 15 is 0 Å². The van der Waals surface area contributed by atoms with Crippen LogP contribution >= 0.6 is 0 Å². The lowest BCUT2D eigenvalue weighted by Crippen LogP contribution is -2.49. The highest BCUT2D eigenvalue weighted by Gasteiger charge is 2.52. The fraction of sp³-hybridized carbons (Fsp3) is 0.909. The van der Waals surface area contributed by atoms with E-state index < -0.39 is 0 Å². The maximum absolute atomic E-state index is 12.8. The minimum atomic E-state index is -0.159. The van der Waals surface area contributed by atoms with Crippen LogP contribution in [-0.2, 0) is 9.59 Å². The van der Waals surface area contributed by atoms with Crippen molar-refractivity contribution in [2.75, 3.05) is 13.6 Å². The minimum Gasteiger partial charge on any atom is -0.356 e. The van der Waals surface area contributed by atoms with E-state index in [4.69, 9.17) is 0 Å². The van der Waals surface area contributed by atoms with Crippen LogP contribution in [0, 0.1) is 11.8 Å². The van der Waals surface area contributed by atoms with E-state index in [0.717, 1.165) is 12.8 Å². The SMILES string of the molecule is CN1C(C)(C)CC(C(=O)NCCCC(=O)C2CC(C)(C)NC2(C)C)C1(C)C. The fourth-order valence-electron chi connectivity index (χ4n) is 5.38. The van der Waals surface area contributed by atoms with Gasteiger partial charge in [-0.05, 0) is 81.7 Å². The van der Waals surface area contributed by atoms with Crippen LogP contribution in [0.4, 0.5) is 0 Å². The van der Waals surface area contributed by atoms with Crippen LogP contribution in [0.1, 0.15) is 81.1 Å². The Morgan fingerprint density at radius 1 is 1.00 bits per heavy atom. The first-order chi connectivity index (χ1) is 12.1. The molecule has 2 atom stereocenters. The van der Waals surface area contributed by atoms with Gasteiger partial charge in [0.2, 0.25) is 5.91 Å². The molecule has 0 aromatic rings. The van der Waals surface area contributed by atoms with Gasteiger partial charge in [-0.2, -0.15) is 0 Å². The first kappa shape index (κ1) is 22.4. The van der Waals surface area contributed by atoms with Gasteiger partial charge < -0.3 is 10.6 Å². The van der Waals surface area contributed by atoms with Crippen molar-refractivity contribution in [3.8, 4) is 0 Å². The zero-order valence-electron chi connectivity index (χ0n) is 19.0. The van der Waals surface area contributed by atoms with Crippen molar-refractivity contribution < 1.29 is 9.59 Å². The number of rotatable bonds is 6. The van der Waals surface area contributed by atoms with E-state index in [9.17, 15) is 9.59 Å². The Hall–Kier alpha value is -0.940. The Balaban J connectivity index is 1.82. The normalized spacial score (nSPS) is 31.0. The molecule has 27 heavy (non-hydrogen) atoms. The monoisotopic (exact) mass is 379 g/mol. The number of hydrogen-bond acceptors (Lipinski definition) is 4. The van der Waals surface area contributed by atoms with E-state index in [1.165, 1.54) is 0 Å². The molecule has 2 fully saturated rings. The van der Waals surface area contributed by atoms with Gasteiger partial charge in [0.1, 0.15) is 5.78 Å². The summed E-state index contributed by atoms with van der Waals surface area (Å²) in [5.41, 5.74) is -0.289. The van der Waals surface area contributed by atoms with Crippen LogP contribution in [0.5, 0.6) is 0 Å². The van der Waals surface area contributed by atoms with Crippen molar-refractivity contribution >= 4 is 11.7 Å². The molecule has 2 aliphatic heterocycles. The summed E-state index contributed by atoms with van der Waals surface area (Å²) in [5.74, 6) is 0.460. The van der Waals surface area contributed by atoms with Crippen molar-refractivity contribution in [3.63, 3.8) is 0 Å². The van der Waals surface area contributed by atoms with Crippen LogP contribution in [-0.4, -0.2) is 52.3 Å². The molecule has 0 aromatic heterocycles. The molecule has 2 heterocycles. The summed E-state index contributed by atoms with van der Waals surface area (Å²) in [7, 11) is 2.10. The number of nitrogens with one attached hydrogen (secondary N) is 2. The Bertz CT molecular complexity index is 592. The van der Waals surface area contributed by atoms with Gasteiger partial charge in [0.15, 0.2) is 0 Å². The molecule has 0 aliphatic carbocycles. The van der Waals surface area contributed by atoms with Gasteiger partial charge in [0.25, 0.3) is 0 Å². The summed E-state index contributed by atoms with van der Waals surface area (Å²) in [4.78, 5) is 27.8. The lowest BCUT2D eigenvalue weighted by Gasteiger charge is -2.38. The van der Waals surface area contributed by atoms with E-state index in [2.05, 4.69) is 78.0 Å². The summed E-state index contributed by atoms with van der Waals surface area (Å²) in [6.07, 6.45) is 2.98. The van der Waals surface area contributed by atoms with Gasteiger partial charge in [-0.25, -0.2) is 0 Å². The molecule has 0 bridgehead atoms. The predicted molar refractivity (Wildman–Crippen MR) is 111 cm³/mol. The smallest absolute Gasteiger partial charge is 0.225 e. The van der Waals surface area contributed by atoms with E-state index in [0.29, 0.717) is 25.2 Å². The second kappa shape index (κ2) is 7.14. The largest absolute Gasteiger partial charge is 0.356 e. The molecule has 0 aromatic carbocycles. The summed E-state index contributed by atoms with van der Waals surface area (Å²) in [5, 5.41) is 6.66. The molecular formula is C22H41N3O2. The number of amides is 1. The summed E-state index contributed by atoms with van der Waals surface area (Å²) >= 11 is 0. The maximum Gasteiger partial charge on any atom is 0.225 e. The van der Waals surface area contributed by atoms with Gasteiger partial charge in [0, 0.05) is 41.0 Å². The second-order valence-electron chi connectivity index (χ2n) is 11.1. The maximum atomic E-state index is 12.8. The Morgan fingerprint density at radius 2 is 1.59 bits per heavy atom. The third kappa shape index (κ3) is 4.56. The zero-order chi connectivity index (χ0) is 20.8. The Morgan fingerprint density at radius 3 is 2.04 bits per heavy atom. The van der Waals surface area contributed by atoms with Crippen LogP contribution in [0.25, 0.3) is 0 Å². The van der Waals surface area contributed by atoms with E-state index in [-0.39, 0.29) is 39.9 Å². The van der Waals surface area contributed by atoms with Crippen molar-refractivity contribution in [2.45, 2.75) is 103 Å². The van der Waals surface area contributed by atoms with Crippen molar-refractivity contribution in [1.82, 2.24) is 15.5 Å². The van der Waals surface area contributed by atoms with Crippen molar-refractivity contribution in [1.29, 1.82) is 0 Å². The third-order valence-electron chi connectivity index (χ3n) is 7.18. The van der Waals surface area contributed by atoms with E-state index in [1.54, 1.807) is 0 Å². The number of likely N-dealkylation sites (tertiary alicyclic amines) is 1. The quantitative estimate of drug-likeness (QED) is 0.696. The molecule has 5 nitrogen and oxygen atoms in total. The second-order valence-corrected chi connectivity index (χ2v) is 11.1. The van der Waals surface area contributed by atoms with Gasteiger partial charge in [-0.1, -0.05) is 0 Å². The van der Waals surface area contributed by atoms with Crippen LogP contribution in [0.3, 0.4) is 0 Å². The molecule has 0 saturated carbocycles. The highest BCUT2D eigenvalue weighted by atomic mass is 16.2. The first-order valence-corrected chi connectivity index (χ1v) is 10.4. The summed E-state index contributed by atoms with van der Waals surface area (Å²) in [6, 6.07) is 0. The van der Waals surface area contributed by atoms with Crippen molar-refractivity contribution in [3.05, 3.63) is 0 Å². The molecule has 0 radical (unpaired) electrons. The molecule has 5 heteroatoms. The molecule has 156 valence electrons. The lowest BCUT2D eigenvalue weighted by atomic mass is 9.82. The molecule has 2 unspecified atom stereocenters. The highest BCUT2D eigenvalue weighted by Crippen LogP contribution is 2.43. The van der Waals surface area contributed by atoms with Gasteiger partial charge in [0.05, 0.1) is 5.92 Å². The number of Topliss-reactive ketones (excluding diaryl/α,β-unsaturated/α-hetero) is 1. The first-order valence-electron chi connectivity index (χ1n) is 10.4. The van der Waals surface area contributed by atoms with Gasteiger partial charge in [-0.3, -0.25) is 14.5 Å². The molecule has 2 saturated heterocycles. The third-order valence-corrected chi connectivity index (χ3v) is 7.18. The number of carbonyl (C=O) groups is 2. The molecule has 2 aliphatic rings. The molecule has 0 spiro atoms. The Kier molecular flexibility index (Phi) is 5.91. The number of carbonyl (C=O) groups excluding carboxylic acids is 2. The van der Waals surface area contributed by atoms with Gasteiger partial charge in [-0.15, -0.1) is 0 Å². The van der Waals surface area contributed by atoms with Gasteiger partial charge >= 0.3 is 0 Å². The molecular weight excluding hydrogens is 338 g/mol. The highest BCUT2D eigenvalue weighted by molar-refractivity contribution is 5.83. The molecule has 2 N–H and O–H groups in total.